The first-order valence-electron chi connectivity index (χ1n) is 5.52. The van der Waals surface area contributed by atoms with E-state index in [1.165, 1.54) is 12.1 Å². The summed E-state index contributed by atoms with van der Waals surface area (Å²) >= 11 is 2.21. The maximum atomic E-state index is 12.2. The molecule has 0 spiro atoms. The van der Waals surface area contributed by atoms with Crippen LogP contribution in [0.25, 0.3) is 0 Å². The van der Waals surface area contributed by atoms with E-state index in [1.807, 2.05) is 24.3 Å². The summed E-state index contributed by atoms with van der Waals surface area (Å²) in [5.74, 6) is -0.617. The second-order valence-electron chi connectivity index (χ2n) is 3.95. The van der Waals surface area contributed by atoms with Gasteiger partial charge in [0.25, 0.3) is 0 Å². The molecule has 0 aromatic heterocycles. The zero-order valence-corrected chi connectivity index (χ0v) is 12.8. The molecule has 19 heavy (non-hydrogen) atoms. The molecule has 98 valence electrons. The van der Waals surface area contributed by atoms with E-state index in [4.69, 9.17) is 5.11 Å². The molecular formula is C14H11IO3S. The fourth-order valence-electron chi connectivity index (χ4n) is 1.59. The van der Waals surface area contributed by atoms with Gasteiger partial charge in [-0.2, -0.15) is 0 Å². The Morgan fingerprint density at radius 2 is 1.84 bits per heavy atom. The van der Waals surface area contributed by atoms with Gasteiger partial charge in [0.2, 0.25) is 0 Å². The normalized spacial score (nSPS) is 12.1. The molecular weight excluding hydrogens is 375 g/mol. The second kappa shape index (κ2) is 6.29. The molecule has 0 aliphatic heterocycles. The van der Waals surface area contributed by atoms with Gasteiger partial charge in [0.1, 0.15) is 0 Å². The maximum Gasteiger partial charge on any atom is 0.335 e. The van der Waals surface area contributed by atoms with Crippen molar-refractivity contribution in [3.8, 4) is 0 Å². The summed E-state index contributed by atoms with van der Waals surface area (Å²) in [5.41, 5.74) is 1.13. The average molecular weight is 386 g/mol. The van der Waals surface area contributed by atoms with Crippen molar-refractivity contribution in [2.75, 3.05) is 0 Å². The van der Waals surface area contributed by atoms with Crippen LogP contribution >= 0.6 is 22.6 Å². The molecule has 0 radical (unpaired) electrons. The Balaban J connectivity index is 2.18. The Labute approximate surface area is 127 Å². The van der Waals surface area contributed by atoms with Gasteiger partial charge < -0.3 is 5.11 Å². The lowest BCUT2D eigenvalue weighted by Gasteiger charge is -2.04. The number of carboxylic acids is 1. The first-order chi connectivity index (χ1) is 9.06. The molecule has 2 rings (SSSR count). The third-order valence-corrected chi connectivity index (χ3v) is 4.65. The van der Waals surface area contributed by atoms with Crippen LogP contribution < -0.4 is 0 Å². The molecule has 2 aromatic carbocycles. The molecule has 0 aliphatic rings. The predicted molar refractivity (Wildman–Crippen MR) is 82.7 cm³/mol. The number of carboxylic acid groups (broad SMARTS) is 1. The Morgan fingerprint density at radius 3 is 2.47 bits per heavy atom. The summed E-state index contributed by atoms with van der Waals surface area (Å²) in [5, 5.41) is 8.91. The van der Waals surface area contributed by atoms with E-state index < -0.39 is 16.8 Å². The molecule has 0 amide bonds. The fraction of sp³-hybridized carbons (Fsp3) is 0.0714. The van der Waals surface area contributed by atoms with Crippen molar-refractivity contribution in [1.29, 1.82) is 0 Å². The molecule has 0 aliphatic carbocycles. The van der Waals surface area contributed by atoms with Crippen molar-refractivity contribution >= 4 is 39.4 Å². The topological polar surface area (TPSA) is 54.4 Å². The Bertz CT molecular complexity index is 623. The highest BCUT2D eigenvalue weighted by atomic mass is 127. The molecule has 0 heterocycles. The highest BCUT2D eigenvalue weighted by molar-refractivity contribution is 14.1. The number of halogens is 1. The summed E-state index contributed by atoms with van der Waals surface area (Å²) in [4.78, 5) is 11.4. The molecule has 0 saturated carbocycles. The Morgan fingerprint density at radius 1 is 1.16 bits per heavy atom. The van der Waals surface area contributed by atoms with E-state index in [0.29, 0.717) is 10.6 Å². The van der Waals surface area contributed by atoms with Crippen molar-refractivity contribution in [3.05, 3.63) is 63.2 Å². The van der Waals surface area contributed by atoms with Crippen molar-refractivity contribution in [2.45, 2.75) is 10.6 Å². The van der Waals surface area contributed by atoms with Gasteiger partial charge >= 0.3 is 5.97 Å². The van der Waals surface area contributed by atoms with Crippen LogP contribution in [0.5, 0.6) is 0 Å². The van der Waals surface area contributed by atoms with Crippen LogP contribution in [-0.2, 0) is 16.6 Å². The van der Waals surface area contributed by atoms with Gasteiger partial charge in [-0.15, -0.1) is 0 Å². The lowest BCUT2D eigenvalue weighted by atomic mass is 10.2. The summed E-state index contributed by atoms with van der Waals surface area (Å²) in [6.07, 6.45) is 0. The largest absolute Gasteiger partial charge is 0.478 e. The fourth-order valence-corrected chi connectivity index (χ4v) is 3.10. The first-order valence-corrected chi connectivity index (χ1v) is 7.92. The van der Waals surface area contributed by atoms with Crippen molar-refractivity contribution in [1.82, 2.24) is 0 Å². The summed E-state index contributed by atoms with van der Waals surface area (Å²) in [7, 11) is -1.23. The number of benzene rings is 2. The number of aromatic carboxylic acids is 1. The standard InChI is InChI=1S/C14H11IO3S/c15-12-6-4-10(5-7-12)9-19(18)13-3-1-2-11(8-13)14(16)17/h1-8H,9H2,(H,16,17). The summed E-state index contributed by atoms with van der Waals surface area (Å²) in [6.45, 7) is 0. The highest BCUT2D eigenvalue weighted by Gasteiger charge is 2.09. The number of carbonyl (C=O) groups is 1. The van der Waals surface area contributed by atoms with Crippen LogP contribution in [0.3, 0.4) is 0 Å². The van der Waals surface area contributed by atoms with Crippen LogP contribution in [0, 0.1) is 3.57 Å². The Kier molecular flexibility index (Phi) is 4.71. The average Bonchev–Trinajstić information content (AvgIpc) is 2.41. The van der Waals surface area contributed by atoms with Gasteiger partial charge in [-0.25, -0.2) is 4.79 Å². The monoisotopic (exact) mass is 386 g/mol. The number of rotatable bonds is 4. The third kappa shape index (κ3) is 3.87. The molecule has 0 bridgehead atoms. The van der Waals surface area contributed by atoms with Gasteiger partial charge in [-0.3, -0.25) is 4.21 Å². The molecule has 2 aromatic rings. The van der Waals surface area contributed by atoms with E-state index >= 15 is 0 Å². The predicted octanol–water partition coefficient (Wildman–Crippen LogP) is 3.30. The van der Waals surface area contributed by atoms with Crippen molar-refractivity contribution < 1.29 is 14.1 Å². The second-order valence-corrected chi connectivity index (χ2v) is 6.65. The maximum absolute atomic E-state index is 12.2. The zero-order valence-electron chi connectivity index (χ0n) is 9.88. The smallest absolute Gasteiger partial charge is 0.335 e. The molecule has 1 unspecified atom stereocenters. The van der Waals surface area contributed by atoms with E-state index in [9.17, 15) is 9.00 Å². The molecule has 3 nitrogen and oxygen atoms in total. The zero-order chi connectivity index (χ0) is 13.8. The summed E-state index contributed by atoms with van der Waals surface area (Å²) < 4.78 is 13.3. The first kappa shape index (κ1) is 14.2. The van der Waals surface area contributed by atoms with Gasteiger partial charge in [-0.1, -0.05) is 18.2 Å². The van der Waals surface area contributed by atoms with E-state index in [-0.39, 0.29) is 5.56 Å². The summed E-state index contributed by atoms with van der Waals surface area (Å²) in [6, 6.07) is 14.0. The Hall–Kier alpha value is -1.21. The lowest BCUT2D eigenvalue weighted by Crippen LogP contribution is -2.00. The van der Waals surface area contributed by atoms with Crippen LogP contribution in [0.15, 0.2) is 53.4 Å². The van der Waals surface area contributed by atoms with E-state index in [1.54, 1.807) is 12.1 Å². The molecule has 0 fully saturated rings. The van der Waals surface area contributed by atoms with Crippen LogP contribution in [0.4, 0.5) is 0 Å². The van der Waals surface area contributed by atoms with E-state index in [2.05, 4.69) is 22.6 Å². The van der Waals surface area contributed by atoms with Gasteiger partial charge in [0, 0.05) is 8.47 Å². The van der Waals surface area contributed by atoms with Gasteiger partial charge in [0.05, 0.1) is 22.1 Å². The van der Waals surface area contributed by atoms with Crippen molar-refractivity contribution in [3.63, 3.8) is 0 Å². The van der Waals surface area contributed by atoms with E-state index in [0.717, 1.165) is 9.13 Å². The molecule has 5 heteroatoms. The van der Waals surface area contributed by atoms with Gasteiger partial charge in [-0.05, 0) is 58.5 Å². The minimum Gasteiger partial charge on any atom is -0.478 e. The third-order valence-electron chi connectivity index (χ3n) is 2.55. The minimum atomic E-state index is -1.23. The van der Waals surface area contributed by atoms with Crippen LogP contribution in [-0.4, -0.2) is 15.3 Å². The van der Waals surface area contributed by atoms with Crippen LogP contribution in [0.1, 0.15) is 15.9 Å². The molecule has 1 atom stereocenters. The van der Waals surface area contributed by atoms with Gasteiger partial charge in [0.15, 0.2) is 0 Å². The SMILES string of the molecule is O=C(O)c1cccc(S(=O)Cc2ccc(I)cc2)c1. The van der Waals surface area contributed by atoms with Crippen molar-refractivity contribution in [2.24, 2.45) is 0 Å². The highest BCUT2D eigenvalue weighted by Crippen LogP contribution is 2.15. The molecule has 0 saturated heterocycles. The quantitative estimate of drug-likeness (QED) is 0.821. The lowest BCUT2D eigenvalue weighted by molar-refractivity contribution is 0.0696. The number of hydrogen-bond donors (Lipinski definition) is 1. The minimum absolute atomic E-state index is 0.161. The number of hydrogen-bond acceptors (Lipinski definition) is 2. The molecule has 1 N–H and O–H groups in total. The van der Waals surface area contributed by atoms with Crippen LogP contribution in [0.2, 0.25) is 0 Å².